The minimum atomic E-state index is -0.516. The maximum absolute atomic E-state index is 12.3. The molecule has 1 aromatic carbocycles. The fourth-order valence-corrected chi connectivity index (χ4v) is 2.69. The number of carbonyl (C=O) groups excluding carboxylic acids is 2. The molecule has 1 fully saturated rings. The van der Waals surface area contributed by atoms with Gasteiger partial charge >= 0.3 is 0 Å². The van der Waals surface area contributed by atoms with E-state index in [0.29, 0.717) is 29.0 Å². The van der Waals surface area contributed by atoms with Gasteiger partial charge in [-0.15, -0.1) is 0 Å². The van der Waals surface area contributed by atoms with Crippen LogP contribution >= 0.6 is 0 Å². The van der Waals surface area contributed by atoms with Gasteiger partial charge in [0.25, 0.3) is 5.91 Å². The first-order chi connectivity index (χ1) is 12.5. The Labute approximate surface area is 151 Å². The monoisotopic (exact) mass is 349 g/mol. The molecule has 0 aliphatic heterocycles. The van der Waals surface area contributed by atoms with Gasteiger partial charge in [-0.2, -0.15) is 5.26 Å². The van der Waals surface area contributed by atoms with Crippen LogP contribution in [0.4, 0.5) is 11.4 Å². The van der Waals surface area contributed by atoms with Crippen molar-refractivity contribution in [2.24, 2.45) is 5.92 Å². The Morgan fingerprint density at radius 3 is 2.31 bits per heavy atom. The Balaban J connectivity index is 1.67. The number of carbonyl (C=O) groups is 2. The Kier molecular flexibility index (Phi) is 4.90. The average Bonchev–Trinajstić information content (AvgIpc) is 3.15. The summed E-state index contributed by atoms with van der Waals surface area (Å²) < 4.78 is 5.72. The second kappa shape index (κ2) is 7.28. The first-order valence-corrected chi connectivity index (χ1v) is 8.37. The maximum Gasteiger partial charge on any atom is 0.266 e. The Bertz CT molecular complexity index is 903. The fraction of sp³-hybridized carbons (Fsp3) is 0.250. The number of hydrogen-bond acceptors (Lipinski definition) is 4. The average molecular weight is 349 g/mol. The van der Waals surface area contributed by atoms with Gasteiger partial charge in [0.1, 0.15) is 23.2 Å². The number of rotatable bonds is 5. The van der Waals surface area contributed by atoms with E-state index < -0.39 is 5.91 Å². The number of benzene rings is 1. The molecule has 26 heavy (non-hydrogen) atoms. The van der Waals surface area contributed by atoms with Gasteiger partial charge in [0.15, 0.2) is 0 Å². The van der Waals surface area contributed by atoms with Crippen LogP contribution in [0.5, 0.6) is 0 Å². The van der Waals surface area contributed by atoms with E-state index in [1.54, 1.807) is 30.3 Å². The first-order valence-electron chi connectivity index (χ1n) is 8.37. The maximum atomic E-state index is 12.3. The number of anilines is 2. The smallest absolute Gasteiger partial charge is 0.266 e. The highest BCUT2D eigenvalue weighted by Gasteiger charge is 2.36. The van der Waals surface area contributed by atoms with Crippen LogP contribution in [0.2, 0.25) is 0 Å². The van der Waals surface area contributed by atoms with Crippen molar-refractivity contribution in [3.63, 3.8) is 0 Å². The summed E-state index contributed by atoms with van der Waals surface area (Å²) in [5, 5.41) is 14.6. The molecule has 3 rings (SSSR count). The standard InChI is InChI=1S/C20H19N3O3/c1-12-9-18(12)19-8-7-17(26-19)10-14(11-21)20(25)23-16-5-3-15(4-6-16)22-13(2)24/h3-8,10,12,18H,9H2,1-2H3,(H,22,24)(H,23,25)/b14-10+/t12-,18+/m1/s1. The summed E-state index contributed by atoms with van der Waals surface area (Å²) >= 11 is 0. The van der Waals surface area contributed by atoms with Crippen molar-refractivity contribution in [3.05, 3.63) is 53.5 Å². The van der Waals surface area contributed by atoms with Crippen molar-refractivity contribution in [1.82, 2.24) is 0 Å². The lowest BCUT2D eigenvalue weighted by atomic mass is 10.2. The van der Waals surface area contributed by atoms with Gasteiger partial charge in [0, 0.05) is 30.3 Å². The molecule has 6 heteroatoms. The Morgan fingerprint density at radius 2 is 1.77 bits per heavy atom. The molecule has 0 unspecified atom stereocenters. The molecule has 2 N–H and O–H groups in total. The number of nitriles is 1. The Hall–Kier alpha value is -3.33. The van der Waals surface area contributed by atoms with Crippen LogP contribution in [0, 0.1) is 17.2 Å². The van der Waals surface area contributed by atoms with Crippen molar-refractivity contribution in [2.75, 3.05) is 10.6 Å². The summed E-state index contributed by atoms with van der Waals surface area (Å²) in [5.41, 5.74) is 1.11. The lowest BCUT2D eigenvalue weighted by molar-refractivity contribution is -0.114. The predicted octanol–water partition coefficient (Wildman–Crippen LogP) is 3.91. The third-order valence-corrected chi connectivity index (χ3v) is 4.24. The molecule has 1 aliphatic carbocycles. The third-order valence-electron chi connectivity index (χ3n) is 4.24. The second-order valence-corrected chi connectivity index (χ2v) is 6.44. The molecule has 1 saturated carbocycles. The van der Waals surface area contributed by atoms with Crippen molar-refractivity contribution in [2.45, 2.75) is 26.2 Å². The second-order valence-electron chi connectivity index (χ2n) is 6.44. The predicted molar refractivity (Wildman–Crippen MR) is 98.2 cm³/mol. The molecule has 0 radical (unpaired) electrons. The number of nitrogens with one attached hydrogen (secondary N) is 2. The van der Waals surface area contributed by atoms with E-state index in [0.717, 1.165) is 12.2 Å². The highest BCUT2D eigenvalue weighted by molar-refractivity contribution is 6.09. The van der Waals surface area contributed by atoms with E-state index in [1.807, 2.05) is 12.1 Å². The lowest BCUT2D eigenvalue weighted by Crippen LogP contribution is -2.13. The van der Waals surface area contributed by atoms with Gasteiger partial charge < -0.3 is 15.1 Å². The molecule has 2 aromatic rings. The van der Waals surface area contributed by atoms with Gasteiger partial charge in [-0.3, -0.25) is 9.59 Å². The summed E-state index contributed by atoms with van der Waals surface area (Å²) in [4.78, 5) is 23.3. The molecule has 0 saturated heterocycles. The van der Waals surface area contributed by atoms with Gasteiger partial charge in [-0.25, -0.2) is 0 Å². The van der Waals surface area contributed by atoms with Crippen LogP contribution in [-0.4, -0.2) is 11.8 Å². The topological polar surface area (TPSA) is 95.1 Å². The lowest BCUT2D eigenvalue weighted by Gasteiger charge is -2.06. The summed E-state index contributed by atoms with van der Waals surface area (Å²) in [6.07, 6.45) is 2.55. The van der Waals surface area contributed by atoms with Crippen molar-refractivity contribution in [3.8, 4) is 6.07 Å². The van der Waals surface area contributed by atoms with Gasteiger partial charge in [-0.1, -0.05) is 6.92 Å². The fourth-order valence-electron chi connectivity index (χ4n) is 2.69. The largest absolute Gasteiger partial charge is 0.461 e. The van der Waals surface area contributed by atoms with Crippen LogP contribution in [0.15, 0.2) is 46.4 Å². The summed E-state index contributed by atoms with van der Waals surface area (Å²) in [7, 11) is 0. The molecule has 2 atom stereocenters. The molecule has 132 valence electrons. The number of nitrogens with zero attached hydrogens (tertiary/aromatic N) is 1. The zero-order chi connectivity index (χ0) is 18.7. The van der Waals surface area contributed by atoms with Crippen LogP contribution in [0.1, 0.15) is 37.7 Å². The highest BCUT2D eigenvalue weighted by atomic mass is 16.3. The minimum absolute atomic E-state index is 0.0410. The van der Waals surface area contributed by atoms with E-state index in [9.17, 15) is 14.9 Å². The van der Waals surface area contributed by atoms with Gasteiger partial charge in [0.2, 0.25) is 5.91 Å². The normalized spacial score (nSPS) is 18.7. The van der Waals surface area contributed by atoms with Crippen LogP contribution in [0.25, 0.3) is 6.08 Å². The highest BCUT2D eigenvalue weighted by Crippen LogP contribution is 2.47. The molecular formula is C20H19N3O3. The Morgan fingerprint density at radius 1 is 1.15 bits per heavy atom. The molecule has 1 aliphatic rings. The van der Waals surface area contributed by atoms with Gasteiger partial charge in [0.05, 0.1) is 0 Å². The first kappa shape index (κ1) is 17.5. The van der Waals surface area contributed by atoms with E-state index >= 15 is 0 Å². The number of furan rings is 1. The number of amides is 2. The number of hydrogen-bond donors (Lipinski definition) is 2. The van der Waals surface area contributed by atoms with Crippen molar-refractivity contribution >= 4 is 29.3 Å². The molecule has 1 aromatic heterocycles. The molecule has 0 spiro atoms. The van der Waals surface area contributed by atoms with Gasteiger partial charge in [-0.05, 0) is 48.7 Å². The van der Waals surface area contributed by atoms with Crippen LogP contribution in [-0.2, 0) is 9.59 Å². The molecule has 2 amide bonds. The summed E-state index contributed by atoms with van der Waals surface area (Å²) in [5.74, 6) is 1.77. The summed E-state index contributed by atoms with van der Waals surface area (Å²) in [6.45, 7) is 3.58. The van der Waals surface area contributed by atoms with Crippen LogP contribution < -0.4 is 10.6 Å². The van der Waals surface area contributed by atoms with E-state index in [2.05, 4.69) is 17.6 Å². The quantitative estimate of drug-likeness (QED) is 0.632. The molecule has 6 nitrogen and oxygen atoms in total. The SMILES string of the molecule is CC(=O)Nc1ccc(NC(=O)/C(C#N)=C/c2ccc([C@H]3C[C@H]3C)o2)cc1. The molecule has 1 heterocycles. The van der Waals surface area contributed by atoms with Crippen LogP contribution in [0.3, 0.4) is 0 Å². The van der Waals surface area contributed by atoms with E-state index in [1.165, 1.54) is 13.0 Å². The zero-order valence-corrected chi connectivity index (χ0v) is 14.6. The molecular weight excluding hydrogens is 330 g/mol. The summed E-state index contributed by atoms with van der Waals surface area (Å²) in [6, 6.07) is 12.2. The minimum Gasteiger partial charge on any atom is -0.461 e. The van der Waals surface area contributed by atoms with E-state index in [4.69, 9.17) is 4.42 Å². The van der Waals surface area contributed by atoms with Crippen molar-refractivity contribution in [1.29, 1.82) is 5.26 Å². The van der Waals surface area contributed by atoms with E-state index in [-0.39, 0.29) is 11.5 Å². The van der Waals surface area contributed by atoms with Crippen molar-refractivity contribution < 1.29 is 14.0 Å². The third kappa shape index (κ3) is 4.19. The molecule has 0 bridgehead atoms. The zero-order valence-electron chi connectivity index (χ0n) is 14.6.